The Kier molecular flexibility index (Phi) is 12.1. The number of carbonyl (C=O) groups is 1. The Morgan fingerprint density at radius 2 is 2.00 bits per heavy atom. The molecule has 2 nitrogen and oxygen atoms in total. The van der Waals surface area contributed by atoms with Crippen molar-refractivity contribution in [2.24, 2.45) is 11.8 Å². The van der Waals surface area contributed by atoms with Crippen molar-refractivity contribution in [3.05, 3.63) is 12.2 Å². The van der Waals surface area contributed by atoms with Crippen molar-refractivity contribution in [2.45, 2.75) is 64.7 Å². The maximum Gasteiger partial charge on any atom is 0.303 e. The molecule has 4 heteroatoms. The van der Waals surface area contributed by atoms with Crippen molar-refractivity contribution in [3.8, 4) is 0 Å². The van der Waals surface area contributed by atoms with E-state index >= 15 is 0 Å². The predicted molar refractivity (Wildman–Crippen MR) is 101 cm³/mol. The lowest BCUT2D eigenvalue weighted by atomic mass is 9.90. The third-order valence-electron chi connectivity index (χ3n) is 4.40. The van der Waals surface area contributed by atoms with Gasteiger partial charge < -0.3 is 5.11 Å². The number of allylic oxidation sites excluding steroid dienone is 1. The summed E-state index contributed by atoms with van der Waals surface area (Å²) in [6.07, 6.45) is 15.1. The third kappa shape index (κ3) is 9.83. The van der Waals surface area contributed by atoms with Gasteiger partial charge in [0.05, 0.1) is 0 Å². The molecule has 0 heterocycles. The third-order valence-corrected chi connectivity index (χ3v) is 6.57. The van der Waals surface area contributed by atoms with Crippen LogP contribution in [0.15, 0.2) is 12.2 Å². The Morgan fingerprint density at radius 3 is 2.77 bits per heavy atom. The molecule has 0 radical (unpaired) electrons. The van der Waals surface area contributed by atoms with Gasteiger partial charge in [-0.05, 0) is 43.3 Å². The average Bonchev–Trinajstić information content (AvgIpc) is 2.93. The minimum atomic E-state index is -0.656. The lowest BCUT2D eigenvalue weighted by molar-refractivity contribution is -0.137. The quantitative estimate of drug-likeness (QED) is 0.259. The van der Waals surface area contributed by atoms with Crippen LogP contribution in [0.2, 0.25) is 0 Å². The summed E-state index contributed by atoms with van der Waals surface area (Å²) in [5, 5.41) is 9.83. The Balaban J connectivity index is 2.07. The minimum Gasteiger partial charge on any atom is -0.481 e. The second kappa shape index (κ2) is 13.4. The van der Waals surface area contributed by atoms with Gasteiger partial charge in [-0.1, -0.05) is 44.8 Å². The van der Waals surface area contributed by atoms with Crippen LogP contribution in [0.1, 0.15) is 64.7 Å². The standard InChI is InChI=1S/C18H32O2S2/c1-2-21-15-22-14-8-12-17-11-7-10-16(17)9-5-3-4-6-13-18(19)20/h8,12,16-17H,2-7,9-11,13-15H2,1H3,(H,19,20)/b12-8+/t16-,17+/m0/s1. The van der Waals surface area contributed by atoms with E-state index in [1.54, 1.807) is 0 Å². The fourth-order valence-corrected chi connectivity index (χ4v) is 4.97. The van der Waals surface area contributed by atoms with Gasteiger partial charge in [0.2, 0.25) is 0 Å². The molecule has 0 aromatic carbocycles. The maximum absolute atomic E-state index is 10.5. The highest BCUT2D eigenvalue weighted by Gasteiger charge is 2.24. The number of carboxylic acid groups (broad SMARTS) is 1. The maximum atomic E-state index is 10.5. The van der Waals surface area contributed by atoms with Crippen molar-refractivity contribution < 1.29 is 9.90 Å². The predicted octanol–water partition coefficient (Wildman–Crippen LogP) is 5.83. The van der Waals surface area contributed by atoms with Crippen LogP contribution in [-0.4, -0.2) is 27.7 Å². The smallest absolute Gasteiger partial charge is 0.303 e. The SMILES string of the molecule is CCSCSC/C=C/[C@H]1CCC[C@@H]1CCCCCCC(=O)O. The van der Waals surface area contributed by atoms with Crippen LogP contribution in [0.3, 0.4) is 0 Å². The molecular weight excluding hydrogens is 312 g/mol. The van der Waals surface area contributed by atoms with Crippen LogP contribution < -0.4 is 0 Å². The average molecular weight is 345 g/mol. The van der Waals surface area contributed by atoms with Gasteiger partial charge in [-0.15, -0.1) is 11.8 Å². The molecule has 1 N–H and O–H groups in total. The van der Waals surface area contributed by atoms with Crippen molar-refractivity contribution in [1.29, 1.82) is 0 Å². The number of carboxylic acids is 1. The van der Waals surface area contributed by atoms with Gasteiger partial charge >= 0.3 is 5.97 Å². The van der Waals surface area contributed by atoms with E-state index in [0.29, 0.717) is 6.42 Å². The highest BCUT2D eigenvalue weighted by Crippen LogP contribution is 2.36. The largest absolute Gasteiger partial charge is 0.481 e. The van der Waals surface area contributed by atoms with Gasteiger partial charge in [-0.2, -0.15) is 11.8 Å². The summed E-state index contributed by atoms with van der Waals surface area (Å²) in [6.45, 7) is 2.21. The summed E-state index contributed by atoms with van der Waals surface area (Å²) < 4.78 is 0. The van der Waals surface area contributed by atoms with Gasteiger partial charge in [-0.3, -0.25) is 4.79 Å². The van der Waals surface area contributed by atoms with E-state index in [1.807, 2.05) is 23.5 Å². The highest BCUT2D eigenvalue weighted by molar-refractivity contribution is 8.16. The molecule has 0 aromatic heterocycles. The summed E-state index contributed by atoms with van der Waals surface area (Å²) in [7, 11) is 0. The highest BCUT2D eigenvalue weighted by atomic mass is 32.2. The fraction of sp³-hybridized carbons (Fsp3) is 0.833. The first-order chi connectivity index (χ1) is 10.7. The van der Waals surface area contributed by atoms with Crippen molar-refractivity contribution in [3.63, 3.8) is 0 Å². The first-order valence-corrected chi connectivity index (χ1v) is 11.1. The Morgan fingerprint density at radius 1 is 1.18 bits per heavy atom. The molecule has 1 rings (SSSR count). The lowest BCUT2D eigenvalue weighted by Crippen LogP contribution is -2.05. The molecule has 128 valence electrons. The zero-order valence-electron chi connectivity index (χ0n) is 14.0. The summed E-state index contributed by atoms with van der Waals surface area (Å²) >= 11 is 4.02. The number of aliphatic carboxylic acids is 1. The molecule has 2 atom stereocenters. The van der Waals surface area contributed by atoms with E-state index in [1.165, 1.54) is 49.4 Å². The van der Waals surface area contributed by atoms with E-state index in [4.69, 9.17) is 5.11 Å². The molecule has 0 unspecified atom stereocenters. The molecular formula is C18H32O2S2. The Bertz CT molecular complexity index is 318. The fourth-order valence-electron chi connectivity index (χ4n) is 3.20. The van der Waals surface area contributed by atoms with E-state index in [9.17, 15) is 4.79 Å². The molecule has 1 aliphatic rings. The number of rotatable bonds is 13. The van der Waals surface area contributed by atoms with E-state index in [0.717, 1.165) is 30.4 Å². The first-order valence-electron chi connectivity index (χ1n) is 8.78. The van der Waals surface area contributed by atoms with Gasteiger partial charge in [0.15, 0.2) is 0 Å². The van der Waals surface area contributed by atoms with Crippen molar-refractivity contribution >= 4 is 29.5 Å². The molecule has 22 heavy (non-hydrogen) atoms. The Hall–Kier alpha value is -0.0900. The van der Waals surface area contributed by atoms with Crippen LogP contribution in [0.25, 0.3) is 0 Å². The molecule has 0 aliphatic heterocycles. The normalized spacial score (nSPS) is 21.7. The molecule has 0 bridgehead atoms. The summed E-state index contributed by atoms with van der Waals surface area (Å²) in [4.78, 5) is 10.5. The summed E-state index contributed by atoms with van der Waals surface area (Å²) in [5.41, 5.74) is 0. The first kappa shape index (κ1) is 20.0. The van der Waals surface area contributed by atoms with Gasteiger partial charge in [0.1, 0.15) is 0 Å². The van der Waals surface area contributed by atoms with E-state index < -0.39 is 5.97 Å². The van der Waals surface area contributed by atoms with Crippen molar-refractivity contribution in [2.75, 3.05) is 16.6 Å². The molecule has 1 aliphatic carbocycles. The molecule has 0 amide bonds. The Labute approximate surface area is 144 Å². The van der Waals surface area contributed by atoms with Gasteiger partial charge in [0, 0.05) is 17.3 Å². The molecule has 0 aromatic rings. The van der Waals surface area contributed by atoms with Crippen LogP contribution in [-0.2, 0) is 4.79 Å². The van der Waals surface area contributed by atoms with Gasteiger partial charge in [-0.25, -0.2) is 0 Å². The molecule has 0 spiro atoms. The molecule has 0 saturated heterocycles. The topological polar surface area (TPSA) is 37.3 Å². The molecule has 1 fully saturated rings. The van der Waals surface area contributed by atoms with E-state index in [-0.39, 0.29) is 0 Å². The monoisotopic (exact) mass is 344 g/mol. The lowest BCUT2D eigenvalue weighted by Gasteiger charge is -2.16. The second-order valence-electron chi connectivity index (χ2n) is 6.11. The van der Waals surface area contributed by atoms with Crippen LogP contribution in [0.4, 0.5) is 0 Å². The van der Waals surface area contributed by atoms with E-state index in [2.05, 4.69) is 19.1 Å². The number of unbranched alkanes of at least 4 members (excludes halogenated alkanes) is 3. The van der Waals surface area contributed by atoms with Crippen LogP contribution in [0, 0.1) is 11.8 Å². The second-order valence-corrected chi connectivity index (χ2v) is 8.78. The van der Waals surface area contributed by atoms with Crippen LogP contribution in [0.5, 0.6) is 0 Å². The zero-order chi connectivity index (χ0) is 16.0. The summed E-state index contributed by atoms with van der Waals surface area (Å²) in [6, 6.07) is 0. The number of hydrogen-bond donors (Lipinski definition) is 1. The summed E-state index contributed by atoms with van der Waals surface area (Å²) in [5.74, 6) is 3.40. The van der Waals surface area contributed by atoms with Crippen LogP contribution >= 0.6 is 23.5 Å². The zero-order valence-corrected chi connectivity index (χ0v) is 15.6. The van der Waals surface area contributed by atoms with Gasteiger partial charge in [0.25, 0.3) is 0 Å². The van der Waals surface area contributed by atoms with Crippen molar-refractivity contribution in [1.82, 2.24) is 0 Å². The minimum absolute atomic E-state index is 0.336. The molecule has 1 saturated carbocycles. The number of hydrogen-bond acceptors (Lipinski definition) is 3. The number of thioether (sulfide) groups is 2.